The molecule has 1 amide bonds. The van der Waals surface area contributed by atoms with Crippen LogP contribution in [0.15, 0.2) is 0 Å². The molecule has 0 aliphatic heterocycles. The quantitative estimate of drug-likeness (QED) is 0.766. The Kier molecular flexibility index (Phi) is 3.46. The van der Waals surface area contributed by atoms with Crippen LogP contribution in [0.5, 0.6) is 0 Å². The fraction of sp³-hybridized carbons (Fsp3) is 0.909. The van der Waals surface area contributed by atoms with Gasteiger partial charge in [-0.1, -0.05) is 29.6 Å². The van der Waals surface area contributed by atoms with Crippen LogP contribution in [0.1, 0.15) is 32.6 Å². The van der Waals surface area contributed by atoms with Crippen molar-refractivity contribution in [2.75, 3.05) is 0 Å². The van der Waals surface area contributed by atoms with E-state index in [9.17, 15) is 4.79 Å². The Morgan fingerprint density at radius 3 is 2.53 bits per heavy atom. The average Bonchev–Trinajstić information content (AvgIpc) is 2.78. The second-order valence-electron chi connectivity index (χ2n) is 4.94. The molecule has 2 fully saturated rings. The van der Waals surface area contributed by atoms with Gasteiger partial charge in [0.1, 0.15) is 0 Å². The van der Waals surface area contributed by atoms with Crippen molar-refractivity contribution in [3.05, 3.63) is 0 Å². The summed E-state index contributed by atoms with van der Waals surface area (Å²) in [6.45, 7) is 2.07. The molecular formula is C11H17Cl2NO. The number of amides is 1. The minimum atomic E-state index is -0.939. The first-order chi connectivity index (χ1) is 7.08. The Morgan fingerprint density at radius 1 is 1.33 bits per heavy atom. The lowest BCUT2D eigenvalue weighted by atomic mass is 9.84. The third kappa shape index (κ3) is 2.42. The first kappa shape index (κ1) is 11.5. The van der Waals surface area contributed by atoms with Crippen LogP contribution in [0.4, 0.5) is 0 Å². The third-order valence-corrected chi connectivity index (χ3v) is 4.40. The molecule has 0 heterocycles. The van der Waals surface area contributed by atoms with Crippen molar-refractivity contribution < 1.29 is 4.79 Å². The molecule has 4 heteroatoms. The van der Waals surface area contributed by atoms with E-state index in [4.69, 9.17) is 23.2 Å². The molecule has 2 saturated carbocycles. The van der Waals surface area contributed by atoms with E-state index in [-0.39, 0.29) is 11.9 Å². The van der Waals surface area contributed by atoms with Crippen molar-refractivity contribution in [1.29, 1.82) is 0 Å². The number of hydrogen-bond acceptors (Lipinski definition) is 1. The van der Waals surface area contributed by atoms with Crippen LogP contribution in [-0.2, 0) is 4.79 Å². The van der Waals surface area contributed by atoms with Gasteiger partial charge < -0.3 is 5.32 Å². The van der Waals surface area contributed by atoms with Gasteiger partial charge in [-0.05, 0) is 43.9 Å². The summed E-state index contributed by atoms with van der Waals surface area (Å²) < 4.78 is 0. The highest BCUT2D eigenvalue weighted by molar-refractivity contribution is 6.53. The lowest BCUT2D eigenvalue weighted by molar-refractivity contribution is -0.120. The van der Waals surface area contributed by atoms with E-state index < -0.39 is 4.84 Å². The maximum absolute atomic E-state index is 11.3. The van der Waals surface area contributed by atoms with E-state index in [1.807, 2.05) is 0 Å². The second-order valence-corrected chi connectivity index (χ2v) is 6.03. The summed E-state index contributed by atoms with van der Waals surface area (Å²) in [6, 6.07) is 0.216. The Morgan fingerprint density at radius 2 is 2.07 bits per heavy atom. The molecule has 0 aromatic rings. The minimum Gasteiger partial charge on any atom is -0.351 e. The lowest BCUT2D eigenvalue weighted by Crippen LogP contribution is -2.42. The zero-order valence-corrected chi connectivity index (χ0v) is 10.4. The maximum Gasteiger partial charge on any atom is 0.253 e. The summed E-state index contributed by atoms with van der Waals surface area (Å²) in [5.41, 5.74) is 0. The first-order valence-electron chi connectivity index (χ1n) is 5.66. The molecule has 2 nitrogen and oxygen atoms in total. The molecule has 4 atom stereocenters. The molecule has 0 aromatic heterocycles. The van der Waals surface area contributed by atoms with E-state index in [1.54, 1.807) is 0 Å². The molecule has 0 radical (unpaired) electrons. The van der Waals surface area contributed by atoms with Crippen LogP contribution in [0.2, 0.25) is 0 Å². The molecule has 86 valence electrons. The third-order valence-electron chi connectivity index (χ3n) is 4.00. The first-order valence-corrected chi connectivity index (χ1v) is 6.53. The molecule has 0 spiro atoms. The molecule has 0 aromatic carbocycles. The van der Waals surface area contributed by atoms with E-state index in [0.717, 1.165) is 11.8 Å². The molecule has 2 aliphatic carbocycles. The average molecular weight is 250 g/mol. The van der Waals surface area contributed by atoms with E-state index in [2.05, 4.69) is 12.2 Å². The van der Waals surface area contributed by atoms with Crippen molar-refractivity contribution in [3.8, 4) is 0 Å². The number of carbonyl (C=O) groups excluding carboxylic acids is 1. The van der Waals surface area contributed by atoms with Crippen molar-refractivity contribution in [1.82, 2.24) is 5.32 Å². The van der Waals surface area contributed by atoms with Gasteiger partial charge in [0.05, 0.1) is 0 Å². The smallest absolute Gasteiger partial charge is 0.253 e. The molecule has 1 N–H and O–H groups in total. The molecule has 2 bridgehead atoms. The van der Waals surface area contributed by atoms with Crippen molar-refractivity contribution >= 4 is 29.1 Å². The van der Waals surface area contributed by atoms with E-state index >= 15 is 0 Å². The van der Waals surface area contributed by atoms with Crippen LogP contribution in [0.3, 0.4) is 0 Å². The van der Waals surface area contributed by atoms with Crippen molar-refractivity contribution in [3.63, 3.8) is 0 Å². The van der Waals surface area contributed by atoms with E-state index in [1.165, 1.54) is 25.7 Å². The van der Waals surface area contributed by atoms with Gasteiger partial charge in [-0.15, -0.1) is 0 Å². The largest absolute Gasteiger partial charge is 0.351 e. The number of fused-ring (bicyclic) bond motifs is 2. The second kappa shape index (κ2) is 4.50. The van der Waals surface area contributed by atoms with Crippen molar-refractivity contribution in [2.45, 2.75) is 43.5 Å². The fourth-order valence-corrected chi connectivity index (χ4v) is 3.43. The molecule has 15 heavy (non-hydrogen) atoms. The topological polar surface area (TPSA) is 29.1 Å². The number of rotatable bonds is 3. The highest BCUT2D eigenvalue weighted by Crippen LogP contribution is 2.49. The summed E-state index contributed by atoms with van der Waals surface area (Å²) in [6.07, 6.45) is 5.34. The zero-order valence-electron chi connectivity index (χ0n) is 8.88. The van der Waals surface area contributed by atoms with Gasteiger partial charge in [0.15, 0.2) is 4.84 Å². The SMILES string of the molecule is CC(NC(=O)C(Cl)Cl)C1CC2CCC1C2. The predicted octanol–water partition coefficient (Wildman–Crippen LogP) is 2.73. The predicted molar refractivity (Wildman–Crippen MR) is 62.0 cm³/mol. The normalized spacial score (nSPS) is 35.9. The van der Waals surface area contributed by atoms with Crippen molar-refractivity contribution in [2.24, 2.45) is 17.8 Å². The fourth-order valence-electron chi connectivity index (χ4n) is 3.30. The highest BCUT2D eigenvalue weighted by Gasteiger charge is 2.42. The molecule has 0 saturated heterocycles. The summed E-state index contributed by atoms with van der Waals surface area (Å²) in [5.74, 6) is 2.10. The molecule has 2 rings (SSSR count). The van der Waals surface area contributed by atoms with Crippen LogP contribution in [0.25, 0.3) is 0 Å². The standard InChI is InChI=1S/C11H17Cl2NO/c1-6(14-11(15)10(12)13)9-5-7-2-3-8(9)4-7/h6-10H,2-5H2,1H3,(H,14,15). The van der Waals surface area contributed by atoms with Gasteiger partial charge in [-0.3, -0.25) is 4.79 Å². The summed E-state index contributed by atoms with van der Waals surface area (Å²) >= 11 is 11.0. The Balaban J connectivity index is 1.86. The number of halogens is 2. The van der Waals surface area contributed by atoms with Crippen LogP contribution in [-0.4, -0.2) is 16.8 Å². The summed E-state index contributed by atoms with van der Waals surface area (Å²) in [4.78, 5) is 10.4. The van der Waals surface area contributed by atoms with Gasteiger partial charge in [-0.2, -0.15) is 0 Å². The minimum absolute atomic E-state index is 0.216. The number of hydrogen-bond donors (Lipinski definition) is 1. The summed E-state index contributed by atoms with van der Waals surface area (Å²) in [5, 5.41) is 2.90. The van der Waals surface area contributed by atoms with Gasteiger partial charge in [-0.25, -0.2) is 0 Å². The van der Waals surface area contributed by atoms with Crippen LogP contribution < -0.4 is 5.32 Å². The van der Waals surface area contributed by atoms with Crippen LogP contribution in [0, 0.1) is 17.8 Å². The lowest BCUT2D eigenvalue weighted by Gasteiger charge is -2.28. The Labute approximate surface area is 101 Å². The van der Waals surface area contributed by atoms with Crippen LogP contribution >= 0.6 is 23.2 Å². The van der Waals surface area contributed by atoms with Gasteiger partial charge in [0, 0.05) is 6.04 Å². The summed E-state index contributed by atoms with van der Waals surface area (Å²) in [7, 11) is 0. The number of carbonyl (C=O) groups is 1. The zero-order chi connectivity index (χ0) is 11.0. The molecule has 4 unspecified atom stereocenters. The molecular weight excluding hydrogens is 233 g/mol. The molecule has 2 aliphatic rings. The van der Waals surface area contributed by atoms with Gasteiger partial charge in [0.25, 0.3) is 5.91 Å². The van der Waals surface area contributed by atoms with Gasteiger partial charge >= 0.3 is 0 Å². The Bertz CT molecular complexity index is 257. The monoisotopic (exact) mass is 249 g/mol. The maximum atomic E-state index is 11.3. The highest BCUT2D eigenvalue weighted by atomic mass is 35.5. The van der Waals surface area contributed by atoms with Gasteiger partial charge in [0.2, 0.25) is 0 Å². The number of alkyl halides is 2. The Hall–Kier alpha value is 0.0500. The number of nitrogens with one attached hydrogen (secondary N) is 1. The van der Waals surface area contributed by atoms with E-state index in [0.29, 0.717) is 5.92 Å².